The first-order valence-corrected chi connectivity index (χ1v) is 8.45. The fraction of sp³-hybridized carbons (Fsp3) is 0.625. The predicted molar refractivity (Wildman–Crippen MR) is 85.1 cm³/mol. The van der Waals surface area contributed by atoms with E-state index >= 15 is 0 Å². The van der Waals surface area contributed by atoms with Gasteiger partial charge < -0.3 is 10.1 Å². The lowest BCUT2D eigenvalue weighted by atomic mass is 9.86. The number of ether oxygens (including phenoxy) is 1. The van der Waals surface area contributed by atoms with Crippen LogP contribution in [0.3, 0.4) is 0 Å². The molecule has 20 heavy (non-hydrogen) atoms. The van der Waals surface area contributed by atoms with Crippen LogP contribution in [0.1, 0.15) is 24.8 Å². The molecule has 0 bridgehead atoms. The fourth-order valence-electron chi connectivity index (χ4n) is 2.79. The Balaban J connectivity index is 1.64. The van der Waals surface area contributed by atoms with Crippen molar-refractivity contribution in [2.24, 2.45) is 5.92 Å². The number of nitrogens with one attached hydrogen (secondary N) is 1. The number of hydrogen-bond acceptors (Lipinski definition) is 3. The van der Waals surface area contributed by atoms with Crippen LogP contribution in [0, 0.1) is 5.92 Å². The Labute approximate surface area is 129 Å². The van der Waals surface area contributed by atoms with E-state index in [2.05, 4.69) is 44.3 Å². The third kappa shape index (κ3) is 3.74. The lowest BCUT2D eigenvalue weighted by molar-refractivity contribution is 0.175. The summed E-state index contributed by atoms with van der Waals surface area (Å²) >= 11 is 3.58. The quantitative estimate of drug-likeness (QED) is 0.892. The molecule has 3 nitrogen and oxygen atoms in total. The van der Waals surface area contributed by atoms with Crippen molar-refractivity contribution in [3.8, 4) is 5.75 Å². The predicted octanol–water partition coefficient (Wildman–Crippen LogP) is 3.03. The smallest absolute Gasteiger partial charge is 0.123 e. The van der Waals surface area contributed by atoms with E-state index in [4.69, 9.17) is 4.74 Å². The van der Waals surface area contributed by atoms with Gasteiger partial charge in [0.25, 0.3) is 0 Å². The number of benzene rings is 1. The fourth-order valence-corrected chi connectivity index (χ4v) is 3.20. The van der Waals surface area contributed by atoms with Crippen LogP contribution in [0.25, 0.3) is 0 Å². The largest absolute Gasteiger partial charge is 0.493 e. The minimum atomic E-state index is 0.783. The van der Waals surface area contributed by atoms with E-state index in [1.54, 1.807) is 0 Å². The summed E-state index contributed by atoms with van der Waals surface area (Å²) in [6.45, 7) is 6.29. The lowest BCUT2D eigenvalue weighted by Crippen LogP contribution is -2.42. The Bertz CT molecular complexity index is 442. The lowest BCUT2D eigenvalue weighted by Gasteiger charge is -2.29. The standard InChI is InChI=1S/C16H23BrN2O/c17-15-4-5-16(20-12-13-2-1-3-13)14(10-15)11-19-8-6-18-7-9-19/h4-5,10,13,18H,1-3,6-9,11-12H2. The van der Waals surface area contributed by atoms with E-state index in [-0.39, 0.29) is 0 Å². The molecule has 1 aliphatic heterocycles. The van der Waals surface area contributed by atoms with Crippen molar-refractivity contribution >= 4 is 15.9 Å². The van der Waals surface area contributed by atoms with Gasteiger partial charge in [-0.05, 0) is 37.0 Å². The number of nitrogens with zero attached hydrogens (tertiary/aromatic N) is 1. The molecule has 0 atom stereocenters. The molecule has 110 valence electrons. The van der Waals surface area contributed by atoms with Crippen molar-refractivity contribution in [2.45, 2.75) is 25.8 Å². The van der Waals surface area contributed by atoms with Crippen molar-refractivity contribution in [3.05, 3.63) is 28.2 Å². The van der Waals surface area contributed by atoms with Gasteiger partial charge >= 0.3 is 0 Å². The molecule has 0 radical (unpaired) electrons. The van der Waals surface area contributed by atoms with Gasteiger partial charge in [-0.1, -0.05) is 22.4 Å². The van der Waals surface area contributed by atoms with Crippen LogP contribution < -0.4 is 10.1 Å². The molecular formula is C16H23BrN2O. The van der Waals surface area contributed by atoms with Gasteiger partial charge in [0.05, 0.1) is 6.61 Å². The SMILES string of the molecule is Brc1ccc(OCC2CCC2)c(CN2CCNCC2)c1. The number of piperazine rings is 1. The van der Waals surface area contributed by atoms with E-state index in [1.165, 1.54) is 24.8 Å². The van der Waals surface area contributed by atoms with Gasteiger partial charge in [0.15, 0.2) is 0 Å². The van der Waals surface area contributed by atoms with Crippen LogP contribution in [-0.2, 0) is 6.54 Å². The average Bonchev–Trinajstić information content (AvgIpc) is 2.40. The van der Waals surface area contributed by atoms with Crippen molar-refractivity contribution in [2.75, 3.05) is 32.8 Å². The molecule has 1 saturated carbocycles. The highest BCUT2D eigenvalue weighted by molar-refractivity contribution is 9.10. The third-order valence-corrected chi connectivity index (χ3v) is 4.82. The molecule has 2 fully saturated rings. The summed E-state index contributed by atoms with van der Waals surface area (Å²) < 4.78 is 7.21. The molecule has 0 unspecified atom stereocenters. The molecule has 1 aromatic rings. The molecular weight excluding hydrogens is 316 g/mol. The molecule has 1 aromatic carbocycles. The van der Waals surface area contributed by atoms with E-state index in [0.717, 1.165) is 55.5 Å². The summed E-state index contributed by atoms with van der Waals surface area (Å²) in [7, 11) is 0. The van der Waals surface area contributed by atoms with E-state index in [1.807, 2.05) is 0 Å². The summed E-state index contributed by atoms with van der Waals surface area (Å²) in [5.41, 5.74) is 1.31. The Morgan fingerprint density at radius 3 is 2.75 bits per heavy atom. The summed E-state index contributed by atoms with van der Waals surface area (Å²) in [5.74, 6) is 1.85. The molecule has 1 N–H and O–H groups in total. The zero-order valence-electron chi connectivity index (χ0n) is 11.9. The molecule has 0 spiro atoms. The van der Waals surface area contributed by atoms with Crippen molar-refractivity contribution < 1.29 is 4.74 Å². The first kappa shape index (κ1) is 14.4. The van der Waals surface area contributed by atoms with Crippen LogP contribution in [0.4, 0.5) is 0 Å². The maximum atomic E-state index is 6.07. The highest BCUT2D eigenvalue weighted by Crippen LogP contribution is 2.29. The maximum absolute atomic E-state index is 6.07. The molecule has 3 rings (SSSR count). The summed E-state index contributed by atoms with van der Waals surface area (Å²) in [5, 5.41) is 3.40. The zero-order chi connectivity index (χ0) is 13.8. The van der Waals surface area contributed by atoms with Crippen LogP contribution in [0.5, 0.6) is 5.75 Å². The zero-order valence-corrected chi connectivity index (χ0v) is 13.5. The summed E-state index contributed by atoms with van der Waals surface area (Å²) in [6.07, 6.45) is 4.05. The number of rotatable bonds is 5. The molecule has 4 heteroatoms. The summed E-state index contributed by atoms with van der Waals surface area (Å²) in [4.78, 5) is 2.49. The molecule has 1 heterocycles. The van der Waals surface area contributed by atoms with Crippen LogP contribution in [-0.4, -0.2) is 37.7 Å². The van der Waals surface area contributed by atoms with E-state index < -0.39 is 0 Å². The van der Waals surface area contributed by atoms with Crippen LogP contribution in [0.15, 0.2) is 22.7 Å². The Hall–Kier alpha value is -0.580. The van der Waals surface area contributed by atoms with Gasteiger partial charge in [-0.15, -0.1) is 0 Å². The van der Waals surface area contributed by atoms with E-state index in [9.17, 15) is 0 Å². The topological polar surface area (TPSA) is 24.5 Å². The third-order valence-electron chi connectivity index (χ3n) is 4.33. The number of hydrogen-bond donors (Lipinski definition) is 1. The molecule has 0 amide bonds. The van der Waals surface area contributed by atoms with Crippen LogP contribution in [0.2, 0.25) is 0 Å². The van der Waals surface area contributed by atoms with Crippen molar-refractivity contribution in [1.82, 2.24) is 10.2 Å². The molecule has 1 saturated heterocycles. The van der Waals surface area contributed by atoms with Gasteiger partial charge in [-0.2, -0.15) is 0 Å². The first-order chi connectivity index (χ1) is 9.81. The summed E-state index contributed by atoms with van der Waals surface area (Å²) in [6, 6.07) is 6.40. The average molecular weight is 339 g/mol. The van der Waals surface area contributed by atoms with E-state index in [0.29, 0.717) is 0 Å². The molecule has 1 aliphatic carbocycles. The second kappa shape index (κ2) is 6.92. The van der Waals surface area contributed by atoms with Gasteiger partial charge in [-0.25, -0.2) is 0 Å². The number of halogens is 1. The van der Waals surface area contributed by atoms with Crippen LogP contribution >= 0.6 is 15.9 Å². The van der Waals surface area contributed by atoms with Gasteiger partial charge in [-0.3, -0.25) is 4.90 Å². The highest BCUT2D eigenvalue weighted by atomic mass is 79.9. The minimum Gasteiger partial charge on any atom is -0.493 e. The van der Waals surface area contributed by atoms with Crippen molar-refractivity contribution in [3.63, 3.8) is 0 Å². The molecule has 0 aromatic heterocycles. The second-order valence-corrected chi connectivity index (χ2v) is 6.80. The van der Waals surface area contributed by atoms with Crippen molar-refractivity contribution in [1.29, 1.82) is 0 Å². The van der Waals surface area contributed by atoms with Gasteiger partial charge in [0.2, 0.25) is 0 Å². The maximum Gasteiger partial charge on any atom is 0.123 e. The monoisotopic (exact) mass is 338 g/mol. The Morgan fingerprint density at radius 2 is 2.05 bits per heavy atom. The Morgan fingerprint density at radius 1 is 1.25 bits per heavy atom. The first-order valence-electron chi connectivity index (χ1n) is 7.65. The van der Waals surface area contributed by atoms with Gasteiger partial charge in [0.1, 0.15) is 5.75 Å². The minimum absolute atomic E-state index is 0.783. The second-order valence-electron chi connectivity index (χ2n) is 5.89. The molecule has 2 aliphatic rings. The Kier molecular flexibility index (Phi) is 4.97. The van der Waals surface area contributed by atoms with Gasteiger partial charge in [0, 0.05) is 42.8 Å². The highest BCUT2D eigenvalue weighted by Gasteiger charge is 2.19. The normalized spacial score (nSPS) is 20.6.